The number of aliphatic hydroxyl groups is 1. The Morgan fingerprint density at radius 3 is 2.43 bits per heavy atom. The molecule has 1 aliphatic heterocycles. The fraction of sp³-hybridized carbons (Fsp3) is 0.684. The Labute approximate surface area is 129 Å². The molecular weight excluding hydrogens is 258 g/mol. The third-order valence-electron chi connectivity index (χ3n) is 5.44. The average Bonchev–Trinajstić information content (AvgIpc) is 2.44. The van der Waals surface area contributed by atoms with Crippen molar-refractivity contribution in [2.75, 3.05) is 13.1 Å². The molecule has 0 amide bonds. The summed E-state index contributed by atoms with van der Waals surface area (Å²) < 4.78 is 0. The average molecular weight is 287 g/mol. The molecule has 2 heteroatoms. The summed E-state index contributed by atoms with van der Waals surface area (Å²) in [4.78, 5) is 2.60. The van der Waals surface area contributed by atoms with Crippen LogP contribution >= 0.6 is 0 Å². The normalized spacial score (nSPS) is 25.8. The lowest BCUT2D eigenvalue weighted by Gasteiger charge is -2.60. The maximum Gasteiger partial charge on any atom is 0.0603 e. The minimum atomic E-state index is -0.559. The summed E-state index contributed by atoms with van der Waals surface area (Å²) in [5.74, 6) is 0. The van der Waals surface area contributed by atoms with Crippen LogP contribution in [0.4, 0.5) is 0 Å². The Morgan fingerprint density at radius 2 is 1.81 bits per heavy atom. The van der Waals surface area contributed by atoms with Gasteiger partial charge in [-0.1, -0.05) is 49.6 Å². The van der Waals surface area contributed by atoms with E-state index in [1.165, 1.54) is 44.2 Å². The van der Waals surface area contributed by atoms with Crippen molar-refractivity contribution in [2.24, 2.45) is 5.41 Å². The minimum absolute atomic E-state index is 0.513. The van der Waals surface area contributed by atoms with Crippen LogP contribution in [0, 0.1) is 5.41 Å². The van der Waals surface area contributed by atoms with Crippen molar-refractivity contribution in [3.05, 3.63) is 35.9 Å². The van der Waals surface area contributed by atoms with Gasteiger partial charge in [0, 0.05) is 24.5 Å². The lowest BCUT2D eigenvalue weighted by atomic mass is 9.61. The highest BCUT2D eigenvalue weighted by atomic mass is 16.3. The SMILES string of the molecule is CC(C)(O)CCN1CC2(CCCCC2)C1c1ccccc1. The molecule has 21 heavy (non-hydrogen) atoms. The fourth-order valence-electron chi connectivity index (χ4n) is 4.37. The molecule has 3 rings (SSSR count). The summed E-state index contributed by atoms with van der Waals surface area (Å²) in [6.07, 6.45) is 7.81. The standard InChI is InChI=1S/C19H29NO/c1-18(2,21)13-14-20-15-19(11-7-4-8-12-19)17(20)16-9-5-3-6-10-16/h3,5-6,9-10,17,21H,4,7-8,11-15H2,1-2H3. The first-order chi connectivity index (χ1) is 10.0. The predicted molar refractivity (Wildman–Crippen MR) is 87.2 cm³/mol. The van der Waals surface area contributed by atoms with Gasteiger partial charge in [-0.25, -0.2) is 0 Å². The second-order valence-corrected chi connectivity index (χ2v) is 7.77. The fourth-order valence-corrected chi connectivity index (χ4v) is 4.37. The van der Waals surface area contributed by atoms with Crippen molar-refractivity contribution in [3.8, 4) is 0 Å². The molecule has 1 aromatic rings. The third-order valence-corrected chi connectivity index (χ3v) is 5.44. The van der Waals surface area contributed by atoms with E-state index >= 15 is 0 Å². The molecule has 116 valence electrons. The van der Waals surface area contributed by atoms with Gasteiger partial charge in [0.15, 0.2) is 0 Å². The van der Waals surface area contributed by atoms with E-state index in [1.54, 1.807) is 0 Å². The minimum Gasteiger partial charge on any atom is -0.390 e. The summed E-state index contributed by atoms with van der Waals surface area (Å²) in [5.41, 5.74) is 1.43. The van der Waals surface area contributed by atoms with Gasteiger partial charge in [-0.05, 0) is 38.7 Å². The van der Waals surface area contributed by atoms with Crippen LogP contribution < -0.4 is 0 Å². The van der Waals surface area contributed by atoms with Gasteiger partial charge in [-0.2, -0.15) is 0 Å². The molecule has 0 bridgehead atoms. The van der Waals surface area contributed by atoms with Crippen LogP contribution in [0.5, 0.6) is 0 Å². The van der Waals surface area contributed by atoms with Crippen molar-refractivity contribution in [1.82, 2.24) is 4.90 Å². The summed E-state index contributed by atoms with van der Waals surface area (Å²) in [5, 5.41) is 10.0. The molecule has 2 aliphatic rings. The lowest BCUT2D eigenvalue weighted by molar-refractivity contribution is -0.108. The van der Waals surface area contributed by atoms with Crippen LogP contribution in [-0.4, -0.2) is 28.7 Å². The van der Waals surface area contributed by atoms with Crippen molar-refractivity contribution >= 4 is 0 Å². The molecule has 1 aromatic carbocycles. The summed E-state index contributed by atoms with van der Waals surface area (Å²) >= 11 is 0. The summed E-state index contributed by atoms with van der Waals surface area (Å²) in [6.45, 7) is 6.06. The quantitative estimate of drug-likeness (QED) is 0.899. The molecule has 0 aromatic heterocycles. The maximum absolute atomic E-state index is 10.0. The van der Waals surface area contributed by atoms with Crippen molar-refractivity contribution in [1.29, 1.82) is 0 Å². The van der Waals surface area contributed by atoms with Gasteiger partial charge >= 0.3 is 0 Å². The number of hydrogen-bond donors (Lipinski definition) is 1. The Hall–Kier alpha value is -0.860. The van der Waals surface area contributed by atoms with Crippen LogP contribution in [-0.2, 0) is 0 Å². The van der Waals surface area contributed by atoms with E-state index in [0.29, 0.717) is 11.5 Å². The molecule has 1 saturated heterocycles. The van der Waals surface area contributed by atoms with Crippen LogP contribution in [0.25, 0.3) is 0 Å². The van der Waals surface area contributed by atoms with Crippen molar-refractivity contribution < 1.29 is 5.11 Å². The monoisotopic (exact) mass is 287 g/mol. The molecular formula is C19H29NO. The van der Waals surface area contributed by atoms with Gasteiger partial charge in [-0.15, -0.1) is 0 Å². The Morgan fingerprint density at radius 1 is 1.14 bits per heavy atom. The van der Waals surface area contributed by atoms with E-state index in [4.69, 9.17) is 0 Å². The largest absolute Gasteiger partial charge is 0.390 e. The van der Waals surface area contributed by atoms with E-state index in [1.807, 2.05) is 13.8 Å². The first-order valence-electron chi connectivity index (χ1n) is 8.52. The second-order valence-electron chi connectivity index (χ2n) is 7.77. The maximum atomic E-state index is 10.0. The molecule has 1 unspecified atom stereocenters. The Bertz CT molecular complexity index is 456. The van der Waals surface area contributed by atoms with Crippen molar-refractivity contribution in [2.45, 2.75) is 64.0 Å². The second kappa shape index (κ2) is 5.73. The summed E-state index contributed by atoms with van der Waals surface area (Å²) in [7, 11) is 0. The zero-order chi connectivity index (χ0) is 14.9. The van der Waals surface area contributed by atoms with Gasteiger partial charge in [0.2, 0.25) is 0 Å². The van der Waals surface area contributed by atoms with Gasteiger partial charge in [0.05, 0.1) is 5.60 Å². The zero-order valence-corrected chi connectivity index (χ0v) is 13.5. The van der Waals surface area contributed by atoms with Crippen LogP contribution in [0.3, 0.4) is 0 Å². The highest BCUT2D eigenvalue weighted by molar-refractivity contribution is 5.26. The molecule has 0 radical (unpaired) electrons. The van der Waals surface area contributed by atoms with E-state index < -0.39 is 5.60 Å². The zero-order valence-electron chi connectivity index (χ0n) is 13.5. The Balaban J connectivity index is 1.76. The van der Waals surface area contributed by atoms with Gasteiger partial charge < -0.3 is 5.11 Å². The Kier molecular flexibility index (Phi) is 4.11. The van der Waals surface area contributed by atoms with E-state index in [0.717, 1.165) is 13.0 Å². The summed E-state index contributed by atoms with van der Waals surface area (Å²) in [6, 6.07) is 11.6. The van der Waals surface area contributed by atoms with Crippen LogP contribution in [0.1, 0.15) is 64.0 Å². The van der Waals surface area contributed by atoms with Gasteiger partial charge in [-0.3, -0.25) is 4.90 Å². The van der Waals surface area contributed by atoms with Gasteiger partial charge in [0.1, 0.15) is 0 Å². The number of benzene rings is 1. The van der Waals surface area contributed by atoms with Crippen LogP contribution in [0.15, 0.2) is 30.3 Å². The third kappa shape index (κ3) is 3.17. The first kappa shape index (κ1) is 15.1. The van der Waals surface area contributed by atoms with Gasteiger partial charge in [0.25, 0.3) is 0 Å². The molecule has 1 spiro atoms. The van der Waals surface area contributed by atoms with E-state index in [9.17, 15) is 5.11 Å². The smallest absolute Gasteiger partial charge is 0.0603 e. The highest BCUT2D eigenvalue weighted by Gasteiger charge is 2.52. The van der Waals surface area contributed by atoms with Crippen LogP contribution in [0.2, 0.25) is 0 Å². The highest BCUT2D eigenvalue weighted by Crippen LogP contribution is 2.56. The lowest BCUT2D eigenvalue weighted by Crippen LogP contribution is -2.59. The molecule has 1 N–H and O–H groups in total. The molecule has 2 nitrogen and oxygen atoms in total. The first-order valence-corrected chi connectivity index (χ1v) is 8.52. The molecule has 1 heterocycles. The molecule has 1 saturated carbocycles. The number of hydrogen-bond acceptors (Lipinski definition) is 2. The van der Waals surface area contributed by atoms with E-state index in [-0.39, 0.29) is 0 Å². The number of rotatable bonds is 4. The van der Waals surface area contributed by atoms with Crippen molar-refractivity contribution in [3.63, 3.8) is 0 Å². The number of nitrogens with zero attached hydrogens (tertiary/aromatic N) is 1. The molecule has 2 fully saturated rings. The predicted octanol–water partition coefficient (Wildman–Crippen LogP) is 4.15. The topological polar surface area (TPSA) is 23.5 Å². The number of likely N-dealkylation sites (tertiary alicyclic amines) is 1. The molecule has 1 aliphatic carbocycles. The molecule has 1 atom stereocenters. The van der Waals surface area contributed by atoms with E-state index in [2.05, 4.69) is 35.2 Å².